The van der Waals surface area contributed by atoms with Crippen molar-refractivity contribution in [3.8, 4) is 0 Å². The highest BCUT2D eigenvalue weighted by Crippen LogP contribution is 2.46. The van der Waals surface area contributed by atoms with Gasteiger partial charge in [-0.3, -0.25) is 10.1 Å². The molecule has 1 aromatic carbocycles. The highest BCUT2D eigenvalue weighted by Gasteiger charge is 2.44. The molecule has 0 saturated heterocycles. The highest BCUT2D eigenvalue weighted by molar-refractivity contribution is 7.55. The van der Waals surface area contributed by atoms with Gasteiger partial charge >= 0.3 is 6.18 Å². The van der Waals surface area contributed by atoms with Gasteiger partial charge in [-0.2, -0.15) is 13.2 Å². The van der Waals surface area contributed by atoms with Gasteiger partial charge in [0.05, 0.1) is 0 Å². The fourth-order valence-electron chi connectivity index (χ4n) is 1.16. The van der Waals surface area contributed by atoms with Crippen molar-refractivity contribution in [3.05, 3.63) is 34.9 Å². The molecule has 0 spiro atoms. The zero-order valence-corrected chi connectivity index (χ0v) is 10.4. The van der Waals surface area contributed by atoms with Crippen molar-refractivity contribution < 1.29 is 22.3 Å². The lowest BCUT2D eigenvalue weighted by Gasteiger charge is -2.22. The van der Waals surface area contributed by atoms with Gasteiger partial charge in [-0.25, -0.2) is 0 Å². The van der Waals surface area contributed by atoms with Crippen LogP contribution in [0.1, 0.15) is 11.7 Å². The average Bonchev–Trinajstić information content (AvgIpc) is 2.13. The average molecular weight is 288 g/mol. The Morgan fingerprint density at radius 3 is 2.18 bits per heavy atom. The van der Waals surface area contributed by atoms with E-state index in [1.54, 1.807) is 0 Å². The lowest BCUT2D eigenvalue weighted by Crippen LogP contribution is -2.23. The van der Waals surface area contributed by atoms with E-state index in [2.05, 4.69) is 4.52 Å². The summed E-state index contributed by atoms with van der Waals surface area (Å²) in [5, 5.41) is 0.294. The Hall–Kier alpha value is -0.550. The summed E-state index contributed by atoms with van der Waals surface area (Å²) in [5.74, 6) is 0. The van der Waals surface area contributed by atoms with Crippen LogP contribution in [0.5, 0.6) is 0 Å². The van der Waals surface area contributed by atoms with Crippen molar-refractivity contribution >= 4 is 19.1 Å². The number of rotatable bonds is 3. The van der Waals surface area contributed by atoms with Crippen LogP contribution in [0.15, 0.2) is 24.3 Å². The first-order valence-electron chi connectivity index (χ1n) is 4.46. The van der Waals surface area contributed by atoms with Crippen LogP contribution in [0.3, 0.4) is 0 Å². The summed E-state index contributed by atoms with van der Waals surface area (Å²) in [6.45, 7) is 0.918. The molecule has 0 aromatic heterocycles. The minimum Gasteiger partial charge on any atom is -0.300 e. The Balaban J connectivity index is 3.07. The molecule has 0 aliphatic heterocycles. The van der Waals surface area contributed by atoms with E-state index in [9.17, 15) is 17.7 Å². The van der Waals surface area contributed by atoms with Crippen molar-refractivity contribution in [1.29, 1.82) is 0 Å². The normalized spacial score (nSPS) is 17.5. The summed E-state index contributed by atoms with van der Waals surface area (Å²) < 4.78 is 53.6. The molecule has 0 aliphatic carbocycles. The molecule has 3 nitrogen and oxygen atoms in total. The molecule has 2 unspecified atom stereocenters. The molecule has 2 N–H and O–H groups in total. The van der Waals surface area contributed by atoms with Crippen molar-refractivity contribution in [2.24, 2.45) is 5.50 Å². The maximum Gasteiger partial charge on any atom is 0.419 e. The predicted molar refractivity (Wildman–Crippen MR) is 59.1 cm³/mol. The maximum atomic E-state index is 12.7. The Morgan fingerprint density at radius 1 is 1.35 bits per heavy atom. The molecular formula is C9H10ClF3NO2P. The Kier molecular flexibility index (Phi) is 4.25. The van der Waals surface area contributed by atoms with Crippen LogP contribution < -0.4 is 5.50 Å². The summed E-state index contributed by atoms with van der Waals surface area (Å²) >= 11 is 5.56. The van der Waals surface area contributed by atoms with Crippen molar-refractivity contribution in [2.45, 2.75) is 12.3 Å². The standard InChI is InChI=1S/C9H10ClF3NO2P/c1-17(14,15)16-8(9(11,12)13)6-2-4-7(10)5-3-6/h2-5,8H,1H3,(H2,14,15). The Morgan fingerprint density at radius 2 is 1.82 bits per heavy atom. The smallest absolute Gasteiger partial charge is 0.300 e. The van der Waals surface area contributed by atoms with Gasteiger partial charge in [-0.05, 0) is 17.7 Å². The number of halogens is 4. The van der Waals surface area contributed by atoms with Gasteiger partial charge in [0.1, 0.15) is 0 Å². The van der Waals surface area contributed by atoms with Crippen LogP contribution in [0.2, 0.25) is 5.02 Å². The molecule has 1 aromatic rings. The van der Waals surface area contributed by atoms with E-state index in [0.717, 1.165) is 18.8 Å². The molecule has 0 saturated carbocycles. The summed E-state index contributed by atoms with van der Waals surface area (Å²) in [6.07, 6.45) is -7.01. The predicted octanol–water partition coefficient (Wildman–Crippen LogP) is 3.74. The van der Waals surface area contributed by atoms with Gasteiger partial charge in [0.2, 0.25) is 0 Å². The molecule has 0 radical (unpaired) electrons. The van der Waals surface area contributed by atoms with Crippen LogP contribution in [-0.4, -0.2) is 12.8 Å². The third-order valence-electron chi connectivity index (χ3n) is 1.78. The van der Waals surface area contributed by atoms with Gasteiger partial charge in [0.15, 0.2) is 6.10 Å². The lowest BCUT2D eigenvalue weighted by molar-refractivity contribution is -0.197. The topological polar surface area (TPSA) is 52.3 Å². The molecule has 0 aliphatic rings. The number of alkyl halides is 3. The molecule has 8 heteroatoms. The van der Waals surface area contributed by atoms with E-state index in [-0.39, 0.29) is 5.56 Å². The van der Waals surface area contributed by atoms with E-state index >= 15 is 0 Å². The van der Waals surface area contributed by atoms with Crippen LogP contribution >= 0.6 is 19.1 Å². The van der Waals surface area contributed by atoms with Gasteiger partial charge in [-0.1, -0.05) is 23.7 Å². The van der Waals surface area contributed by atoms with Crippen molar-refractivity contribution in [3.63, 3.8) is 0 Å². The van der Waals surface area contributed by atoms with E-state index in [0.29, 0.717) is 5.02 Å². The van der Waals surface area contributed by atoms with E-state index in [4.69, 9.17) is 17.1 Å². The monoisotopic (exact) mass is 287 g/mol. The summed E-state index contributed by atoms with van der Waals surface area (Å²) in [7, 11) is -3.75. The van der Waals surface area contributed by atoms with Crippen LogP contribution in [0.4, 0.5) is 13.2 Å². The fraction of sp³-hybridized carbons (Fsp3) is 0.333. The second kappa shape index (κ2) is 4.98. The lowest BCUT2D eigenvalue weighted by atomic mass is 10.1. The first kappa shape index (κ1) is 14.5. The molecule has 17 heavy (non-hydrogen) atoms. The maximum absolute atomic E-state index is 12.7. The Bertz CT molecular complexity index is 429. The van der Waals surface area contributed by atoms with Gasteiger partial charge in [0.25, 0.3) is 7.52 Å². The first-order chi connectivity index (χ1) is 7.59. The molecule has 0 bridgehead atoms. The number of hydrogen-bond acceptors (Lipinski definition) is 2. The molecular weight excluding hydrogens is 278 g/mol. The third-order valence-corrected chi connectivity index (χ3v) is 2.67. The highest BCUT2D eigenvalue weighted by atomic mass is 35.5. The van der Waals surface area contributed by atoms with E-state index in [1.807, 2.05) is 0 Å². The zero-order chi connectivity index (χ0) is 13.3. The third kappa shape index (κ3) is 4.68. The second-order valence-electron chi connectivity index (χ2n) is 3.49. The summed E-state index contributed by atoms with van der Waals surface area (Å²) in [5.41, 5.74) is 4.81. The number of hydrogen-bond donors (Lipinski definition) is 1. The van der Waals surface area contributed by atoms with Gasteiger partial charge in [0, 0.05) is 11.7 Å². The van der Waals surface area contributed by atoms with Crippen LogP contribution in [0, 0.1) is 0 Å². The molecule has 96 valence electrons. The minimum absolute atomic E-state index is 0.200. The summed E-state index contributed by atoms with van der Waals surface area (Å²) in [4.78, 5) is 0. The first-order valence-corrected chi connectivity index (χ1v) is 6.98. The number of nitrogens with two attached hydrogens (primary N) is 1. The molecule has 0 fully saturated rings. The molecule has 0 heterocycles. The second-order valence-corrected chi connectivity index (χ2v) is 5.95. The quantitative estimate of drug-likeness (QED) is 0.862. The Labute approximate surface area is 101 Å². The molecule has 1 rings (SSSR count). The van der Waals surface area contributed by atoms with Crippen molar-refractivity contribution in [2.75, 3.05) is 6.66 Å². The van der Waals surface area contributed by atoms with Crippen LogP contribution in [-0.2, 0) is 9.09 Å². The van der Waals surface area contributed by atoms with Gasteiger partial charge < -0.3 is 4.52 Å². The summed E-state index contributed by atoms with van der Waals surface area (Å²) in [6, 6.07) is 4.87. The largest absolute Gasteiger partial charge is 0.419 e. The van der Waals surface area contributed by atoms with Gasteiger partial charge in [-0.15, -0.1) is 0 Å². The fourth-order valence-corrected chi connectivity index (χ4v) is 1.94. The van der Waals surface area contributed by atoms with E-state index in [1.165, 1.54) is 12.1 Å². The van der Waals surface area contributed by atoms with Crippen molar-refractivity contribution in [1.82, 2.24) is 0 Å². The zero-order valence-electron chi connectivity index (χ0n) is 8.74. The molecule has 2 atom stereocenters. The van der Waals surface area contributed by atoms with Crippen LogP contribution in [0.25, 0.3) is 0 Å². The minimum atomic E-state index is -4.70. The van der Waals surface area contributed by atoms with E-state index < -0.39 is 19.8 Å². The number of benzene rings is 1. The SMILES string of the molecule is CP(N)(=O)OC(c1ccc(Cl)cc1)C(F)(F)F. The molecule has 0 amide bonds.